The molecule has 1 aliphatic rings. The molecule has 1 saturated heterocycles. The molecule has 0 aromatic heterocycles. The molecule has 1 unspecified atom stereocenters. The SMILES string of the molecule is CC1CN(C(=O)CNC(=O)c2ccc(-c3ccccc3)cc2)CCO1. The van der Waals surface area contributed by atoms with Gasteiger partial charge in [0.15, 0.2) is 0 Å². The summed E-state index contributed by atoms with van der Waals surface area (Å²) in [6.45, 7) is 3.63. The minimum absolute atomic E-state index is 0.00594. The lowest BCUT2D eigenvalue weighted by atomic mass is 10.0. The zero-order valence-corrected chi connectivity index (χ0v) is 14.3. The zero-order chi connectivity index (χ0) is 17.6. The Bertz CT molecular complexity index is 728. The summed E-state index contributed by atoms with van der Waals surface area (Å²) in [7, 11) is 0. The third-order valence-corrected chi connectivity index (χ3v) is 4.25. The molecule has 25 heavy (non-hydrogen) atoms. The number of hydrogen-bond donors (Lipinski definition) is 1. The predicted octanol–water partition coefficient (Wildman–Crippen LogP) is 2.33. The maximum Gasteiger partial charge on any atom is 0.251 e. The van der Waals surface area contributed by atoms with Crippen molar-refractivity contribution in [3.63, 3.8) is 0 Å². The maximum absolute atomic E-state index is 12.2. The third-order valence-electron chi connectivity index (χ3n) is 4.25. The van der Waals surface area contributed by atoms with Crippen LogP contribution in [-0.4, -0.2) is 49.1 Å². The van der Waals surface area contributed by atoms with Gasteiger partial charge in [-0.1, -0.05) is 42.5 Å². The van der Waals surface area contributed by atoms with Crippen LogP contribution in [0.3, 0.4) is 0 Å². The van der Waals surface area contributed by atoms with Crippen molar-refractivity contribution in [3.05, 3.63) is 60.2 Å². The van der Waals surface area contributed by atoms with E-state index in [9.17, 15) is 9.59 Å². The van der Waals surface area contributed by atoms with Crippen molar-refractivity contribution in [3.8, 4) is 11.1 Å². The Morgan fingerprint density at radius 3 is 2.44 bits per heavy atom. The number of nitrogens with zero attached hydrogens (tertiary/aromatic N) is 1. The quantitative estimate of drug-likeness (QED) is 0.931. The highest BCUT2D eigenvalue weighted by Gasteiger charge is 2.21. The Morgan fingerprint density at radius 1 is 1.08 bits per heavy atom. The molecule has 0 radical (unpaired) electrons. The van der Waals surface area contributed by atoms with E-state index >= 15 is 0 Å². The van der Waals surface area contributed by atoms with Gasteiger partial charge in [-0.15, -0.1) is 0 Å². The molecule has 0 bridgehead atoms. The van der Waals surface area contributed by atoms with E-state index in [-0.39, 0.29) is 24.5 Å². The summed E-state index contributed by atoms with van der Waals surface area (Å²) in [5.74, 6) is -0.321. The molecule has 2 amide bonds. The summed E-state index contributed by atoms with van der Waals surface area (Å²) < 4.78 is 5.42. The van der Waals surface area contributed by atoms with Crippen LogP contribution in [0.15, 0.2) is 54.6 Å². The van der Waals surface area contributed by atoms with E-state index < -0.39 is 0 Å². The van der Waals surface area contributed by atoms with E-state index in [4.69, 9.17) is 4.74 Å². The van der Waals surface area contributed by atoms with Gasteiger partial charge in [-0.25, -0.2) is 0 Å². The van der Waals surface area contributed by atoms with Crippen LogP contribution in [0.1, 0.15) is 17.3 Å². The van der Waals surface area contributed by atoms with Crippen LogP contribution in [0, 0.1) is 0 Å². The number of morpholine rings is 1. The van der Waals surface area contributed by atoms with Gasteiger partial charge in [0.25, 0.3) is 5.91 Å². The van der Waals surface area contributed by atoms with Crippen LogP contribution >= 0.6 is 0 Å². The molecule has 130 valence electrons. The van der Waals surface area contributed by atoms with Crippen molar-refractivity contribution in [1.29, 1.82) is 0 Å². The van der Waals surface area contributed by atoms with Crippen LogP contribution in [0.4, 0.5) is 0 Å². The van der Waals surface area contributed by atoms with Crippen molar-refractivity contribution in [2.24, 2.45) is 0 Å². The normalized spacial score (nSPS) is 17.2. The van der Waals surface area contributed by atoms with E-state index in [1.165, 1.54) is 0 Å². The summed E-state index contributed by atoms with van der Waals surface area (Å²) in [5, 5.41) is 2.70. The van der Waals surface area contributed by atoms with Gasteiger partial charge in [0.2, 0.25) is 5.91 Å². The van der Waals surface area contributed by atoms with Crippen LogP contribution in [0.5, 0.6) is 0 Å². The molecule has 1 atom stereocenters. The van der Waals surface area contributed by atoms with Crippen molar-refractivity contribution >= 4 is 11.8 Å². The highest BCUT2D eigenvalue weighted by Crippen LogP contribution is 2.19. The van der Waals surface area contributed by atoms with Crippen LogP contribution in [0.25, 0.3) is 11.1 Å². The lowest BCUT2D eigenvalue weighted by molar-refractivity contribution is -0.137. The number of benzene rings is 2. The number of carbonyl (C=O) groups excluding carboxylic acids is 2. The smallest absolute Gasteiger partial charge is 0.251 e. The van der Waals surface area contributed by atoms with Crippen molar-refractivity contribution < 1.29 is 14.3 Å². The largest absolute Gasteiger partial charge is 0.375 e. The summed E-state index contributed by atoms with van der Waals surface area (Å²) in [5.41, 5.74) is 2.70. The minimum Gasteiger partial charge on any atom is -0.375 e. The van der Waals surface area contributed by atoms with Gasteiger partial charge in [0.1, 0.15) is 0 Å². The predicted molar refractivity (Wildman–Crippen MR) is 96.2 cm³/mol. The summed E-state index contributed by atoms with van der Waals surface area (Å²) >= 11 is 0. The third kappa shape index (κ3) is 4.45. The van der Waals surface area contributed by atoms with Gasteiger partial charge >= 0.3 is 0 Å². The number of ether oxygens (including phenoxy) is 1. The molecule has 0 saturated carbocycles. The Hall–Kier alpha value is -2.66. The number of nitrogens with one attached hydrogen (secondary N) is 1. The molecule has 0 aliphatic carbocycles. The standard InChI is InChI=1S/C20H22N2O3/c1-15-14-22(11-12-25-15)19(23)13-21-20(24)18-9-7-17(8-10-18)16-5-3-2-4-6-16/h2-10,15H,11-14H2,1H3,(H,21,24). The van der Waals surface area contributed by atoms with E-state index in [1.54, 1.807) is 17.0 Å². The molecule has 2 aromatic carbocycles. The second kappa shape index (κ2) is 7.94. The van der Waals surface area contributed by atoms with Crippen LogP contribution in [-0.2, 0) is 9.53 Å². The van der Waals surface area contributed by atoms with E-state index in [2.05, 4.69) is 5.32 Å². The fraction of sp³-hybridized carbons (Fsp3) is 0.300. The fourth-order valence-corrected chi connectivity index (χ4v) is 2.86. The second-order valence-electron chi connectivity index (χ2n) is 6.15. The fourth-order valence-electron chi connectivity index (χ4n) is 2.86. The first-order valence-corrected chi connectivity index (χ1v) is 8.46. The second-order valence-corrected chi connectivity index (χ2v) is 6.15. The highest BCUT2D eigenvalue weighted by atomic mass is 16.5. The molecule has 2 aromatic rings. The average molecular weight is 338 g/mol. The summed E-state index contributed by atoms with van der Waals surface area (Å²) in [6.07, 6.45) is 0.0407. The van der Waals surface area contributed by atoms with E-state index in [1.807, 2.05) is 49.4 Å². The Labute approximate surface area is 147 Å². The van der Waals surface area contributed by atoms with Crippen LogP contribution in [0.2, 0.25) is 0 Å². The van der Waals surface area contributed by atoms with Gasteiger partial charge in [0.05, 0.1) is 19.3 Å². The number of rotatable bonds is 4. The molecule has 0 spiro atoms. The van der Waals surface area contributed by atoms with Gasteiger partial charge in [-0.3, -0.25) is 9.59 Å². The maximum atomic E-state index is 12.2. The summed E-state index contributed by atoms with van der Waals surface area (Å²) in [4.78, 5) is 26.1. The monoisotopic (exact) mass is 338 g/mol. The Balaban J connectivity index is 1.55. The highest BCUT2D eigenvalue weighted by molar-refractivity contribution is 5.96. The van der Waals surface area contributed by atoms with Gasteiger partial charge in [0, 0.05) is 18.7 Å². The zero-order valence-electron chi connectivity index (χ0n) is 14.3. The Morgan fingerprint density at radius 2 is 1.76 bits per heavy atom. The molecule has 1 aliphatic heterocycles. The van der Waals surface area contributed by atoms with Crippen molar-refractivity contribution in [2.45, 2.75) is 13.0 Å². The van der Waals surface area contributed by atoms with E-state index in [0.29, 0.717) is 25.3 Å². The molecular weight excluding hydrogens is 316 g/mol. The molecule has 1 N–H and O–H groups in total. The number of amides is 2. The van der Waals surface area contributed by atoms with E-state index in [0.717, 1.165) is 11.1 Å². The number of hydrogen-bond acceptors (Lipinski definition) is 3. The molecule has 3 rings (SSSR count). The molecule has 1 heterocycles. The molecular formula is C20H22N2O3. The molecule has 1 fully saturated rings. The van der Waals surface area contributed by atoms with Gasteiger partial charge < -0.3 is 15.0 Å². The summed E-state index contributed by atoms with van der Waals surface area (Å²) in [6, 6.07) is 17.4. The van der Waals surface area contributed by atoms with Gasteiger partial charge in [-0.2, -0.15) is 0 Å². The lowest BCUT2D eigenvalue weighted by Gasteiger charge is -2.31. The van der Waals surface area contributed by atoms with Crippen molar-refractivity contribution in [2.75, 3.05) is 26.2 Å². The Kier molecular flexibility index (Phi) is 5.46. The van der Waals surface area contributed by atoms with Gasteiger partial charge in [-0.05, 0) is 30.2 Å². The lowest BCUT2D eigenvalue weighted by Crippen LogP contribution is -2.48. The number of carbonyl (C=O) groups is 2. The first-order valence-electron chi connectivity index (χ1n) is 8.46. The first kappa shape index (κ1) is 17.2. The minimum atomic E-state index is -0.241. The topological polar surface area (TPSA) is 58.6 Å². The van der Waals surface area contributed by atoms with Crippen molar-refractivity contribution in [1.82, 2.24) is 10.2 Å². The molecule has 5 heteroatoms. The first-order chi connectivity index (χ1) is 12.1. The van der Waals surface area contributed by atoms with Crippen LogP contribution < -0.4 is 5.32 Å². The average Bonchev–Trinajstić information content (AvgIpc) is 2.66. The molecule has 5 nitrogen and oxygen atoms in total.